The van der Waals surface area contributed by atoms with Gasteiger partial charge in [0.25, 0.3) is 0 Å². The predicted octanol–water partition coefficient (Wildman–Crippen LogP) is 1.70. The van der Waals surface area contributed by atoms with Gasteiger partial charge in [-0.3, -0.25) is 4.79 Å². The third-order valence-corrected chi connectivity index (χ3v) is 2.89. The molecule has 1 amide bonds. The van der Waals surface area contributed by atoms with Crippen molar-refractivity contribution in [1.82, 2.24) is 5.32 Å². The Morgan fingerprint density at radius 1 is 1.41 bits per heavy atom. The van der Waals surface area contributed by atoms with Crippen molar-refractivity contribution in [1.29, 1.82) is 0 Å². The average molecular weight is 259 g/mol. The maximum Gasteiger partial charge on any atom is 0.221 e. The zero-order chi connectivity index (χ0) is 11.6. The normalized spacial score (nSPS) is 15.9. The number of hydrogen-bond donors (Lipinski definition) is 2. The van der Waals surface area contributed by atoms with Crippen LogP contribution in [0.5, 0.6) is 0 Å². The summed E-state index contributed by atoms with van der Waals surface area (Å²) in [7, 11) is 0. The summed E-state index contributed by atoms with van der Waals surface area (Å²) in [6, 6.07) is 6.58. The quantitative estimate of drug-likeness (QED) is 0.864. The van der Waals surface area contributed by atoms with Crippen LogP contribution >= 0.6 is 12.4 Å². The van der Waals surface area contributed by atoms with E-state index in [2.05, 4.69) is 5.32 Å². The average Bonchev–Trinajstić information content (AvgIpc) is 2.99. The van der Waals surface area contributed by atoms with E-state index in [0.29, 0.717) is 12.1 Å². The minimum absolute atomic E-state index is 0. The molecule has 0 atom stereocenters. The molecular formula is C12H16ClFN2O. The molecule has 0 spiro atoms. The summed E-state index contributed by atoms with van der Waals surface area (Å²) in [5.74, 6) is -0.365. The van der Waals surface area contributed by atoms with Gasteiger partial charge in [-0.1, -0.05) is 18.2 Å². The number of carbonyl (C=O) groups excluding carboxylic acids is 1. The molecule has 0 bridgehead atoms. The van der Waals surface area contributed by atoms with Gasteiger partial charge < -0.3 is 11.1 Å². The van der Waals surface area contributed by atoms with Gasteiger partial charge in [-0.05, 0) is 18.9 Å². The van der Waals surface area contributed by atoms with Crippen molar-refractivity contribution in [2.75, 3.05) is 6.54 Å². The van der Waals surface area contributed by atoms with E-state index in [1.807, 2.05) is 0 Å². The van der Waals surface area contributed by atoms with Gasteiger partial charge >= 0.3 is 0 Å². The highest BCUT2D eigenvalue weighted by atomic mass is 35.5. The third kappa shape index (κ3) is 2.96. The molecule has 0 heterocycles. The molecule has 0 radical (unpaired) electrons. The molecule has 0 saturated heterocycles. The first-order chi connectivity index (χ1) is 7.68. The Morgan fingerprint density at radius 3 is 2.59 bits per heavy atom. The van der Waals surface area contributed by atoms with Crippen molar-refractivity contribution in [2.24, 2.45) is 5.73 Å². The van der Waals surface area contributed by atoms with Crippen molar-refractivity contribution < 1.29 is 9.18 Å². The Hall–Kier alpha value is -1.13. The lowest BCUT2D eigenvalue weighted by Crippen LogP contribution is -2.36. The summed E-state index contributed by atoms with van der Waals surface area (Å²) in [5, 5.41) is 2.87. The number of carbonyl (C=O) groups is 1. The van der Waals surface area contributed by atoms with Crippen molar-refractivity contribution in [3.05, 3.63) is 35.6 Å². The second-order valence-corrected chi connectivity index (χ2v) is 4.15. The van der Waals surface area contributed by atoms with E-state index in [4.69, 9.17) is 5.73 Å². The first kappa shape index (κ1) is 13.9. The number of nitrogens with two attached hydrogens (primary N) is 1. The van der Waals surface area contributed by atoms with E-state index in [0.717, 1.165) is 12.8 Å². The van der Waals surface area contributed by atoms with Crippen LogP contribution < -0.4 is 11.1 Å². The number of nitrogens with one attached hydrogen (secondary N) is 1. The fourth-order valence-electron chi connectivity index (χ4n) is 1.90. The van der Waals surface area contributed by atoms with Gasteiger partial charge in [0.15, 0.2) is 0 Å². The Bertz CT molecular complexity index is 407. The van der Waals surface area contributed by atoms with Crippen molar-refractivity contribution in [3.8, 4) is 0 Å². The third-order valence-electron chi connectivity index (χ3n) is 2.89. The van der Waals surface area contributed by atoms with Gasteiger partial charge in [0, 0.05) is 18.5 Å². The predicted molar refractivity (Wildman–Crippen MR) is 66.4 cm³/mol. The molecule has 0 unspecified atom stereocenters. The number of rotatable bonds is 4. The van der Waals surface area contributed by atoms with Gasteiger partial charge in [-0.25, -0.2) is 4.39 Å². The topological polar surface area (TPSA) is 55.1 Å². The van der Waals surface area contributed by atoms with Crippen LogP contribution in [-0.2, 0) is 10.3 Å². The second kappa shape index (κ2) is 5.47. The number of amides is 1. The SMILES string of the molecule is Cl.NCCC(=O)NC1(c2ccccc2F)CC1. The number of halogens is 2. The molecule has 3 N–H and O–H groups in total. The molecule has 1 aromatic carbocycles. The fourth-order valence-corrected chi connectivity index (χ4v) is 1.90. The van der Waals surface area contributed by atoms with Gasteiger partial charge in [-0.15, -0.1) is 12.4 Å². The van der Waals surface area contributed by atoms with E-state index in [1.54, 1.807) is 18.2 Å². The smallest absolute Gasteiger partial charge is 0.221 e. The maximum absolute atomic E-state index is 13.6. The van der Waals surface area contributed by atoms with Crippen LogP contribution in [-0.4, -0.2) is 12.5 Å². The van der Waals surface area contributed by atoms with Gasteiger partial charge in [0.2, 0.25) is 5.91 Å². The standard InChI is InChI=1S/C12H15FN2O.ClH/c13-10-4-2-1-3-9(10)12(6-7-12)15-11(16)5-8-14;/h1-4H,5-8,14H2,(H,15,16);1H. The zero-order valence-corrected chi connectivity index (χ0v) is 10.2. The van der Waals surface area contributed by atoms with E-state index in [-0.39, 0.29) is 30.6 Å². The first-order valence-electron chi connectivity index (χ1n) is 5.44. The molecule has 1 aliphatic rings. The highest BCUT2D eigenvalue weighted by molar-refractivity contribution is 5.85. The molecular weight excluding hydrogens is 243 g/mol. The molecule has 3 nitrogen and oxygen atoms in total. The zero-order valence-electron chi connectivity index (χ0n) is 9.41. The lowest BCUT2D eigenvalue weighted by Gasteiger charge is -2.18. The minimum atomic E-state index is -0.475. The number of benzene rings is 1. The fraction of sp³-hybridized carbons (Fsp3) is 0.417. The Labute approximate surface area is 106 Å². The monoisotopic (exact) mass is 258 g/mol. The van der Waals surface area contributed by atoms with Gasteiger partial charge in [0.1, 0.15) is 5.82 Å². The summed E-state index contributed by atoms with van der Waals surface area (Å²) in [4.78, 5) is 11.5. The molecule has 0 aromatic heterocycles. The van der Waals surface area contributed by atoms with Crippen LogP contribution in [0.4, 0.5) is 4.39 Å². The molecule has 17 heavy (non-hydrogen) atoms. The van der Waals surface area contributed by atoms with E-state index < -0.39 is 5.54 Å². The molecule has 1 aliphatic carbocycles. The Kier molecular flexibility index (Phi) is 4.48. The maximum atomic E-state index is 13.6. The summed E-state index contributed by atoms with van der Waals surface area (Å²) in [6.45, 7) is 0.319. The highest BCUT2D eigenvalue weighted by Gasteiger charge is 2.46. The van der Waals surface area contributed by atoms with Gasteiger partial charge in [0.05, 0.1) is 5.54 Å². The summed E-state index contributed by atoms with van der Waals surface area (Å²) >= 11 is 0. The van der Waals surface area contributed by atoms with Crippen molar-refractivity contribution in [2.45, 2.75) is 24.8 Å². The Morgan fingerprint density at radius 2 is 2.06 bits per heavy atom. The van der Waals surface area contributed by atoms with Crippen LogP contribution in [0.3, 0.4) is 0 Å². The molecule has 1 fully saturated rings. The van der Waals surface area contributed by atoms with Crippen molar-refractivity contribution in [3.63, 3.8) is 0 Å². The molecule has 1 aromatic rings. The molecule has 2 rings (SSSR count). The van der Waals surface area contributed by atoms with Crippen LogP contribution in [0.15, 0.2) is 24.3 Å². The van der Waals surface area contributed by atoms with Gasteiger partial charge in [-0.2, -0.15) is 0 Å². The summed E-state index contributed by atoms with van der Waals surface area (Å²) in [6.07, 6.45) is 1.88. The Balaban J connectivity index is 0.00000144. The van der Waals surface area contributed by atoms with Crippen LogP contribution in [0.25, 0.3) is 0 Å². The van der Waals surface area contributed by atoms with Crippen LogP contribution in [0, 0.1) is 5.82 Å². The minimum Gasteiger partial charge on any atom is -0.346 e. The molecule has 5 heteroatoms. The highest BCUT2D eigenvalue weighted by Crippen LogP contribution is 2.46. The first-order valence-corrected chi connectivity index (χ1v) is 5.44. The number of hydrogen-bond acceptors (Lipinski definition) is 2. The summed E-state index contributed by atoms with van der Waals surface area (Å²) < 4.78 is 13.6. The van der Waals surface area contributed by atoms with E-state index >= 15 is 0 Å². The largest absolute Gasteiger partial charge is 0.346 e. The second-order valence-electron chi connectivity index (χ2n) is 4.15. The van der Waals surface area contributed by atoms with E-state index in [9.17, 15) is 9.18 Å². The van der Waals surface area contributed by atoms with Crippen molar-refractivity contribution >= 4 is 18.3 Å². The molecule has 94 valence electrons. The molecule has 1 saturated carbocycles. The molecule has 0 aliphatic heterocycles. The lowest BCUT2D eigenvalue weighted by molar-refractivity contribution is -0.121. The van der Waals surface area contributed by atoms with E-state index in [1.165, 1.54) is 6.07 Å². The lowest BCUT2D eigenvalue weighted by atomic mass is 10.0. The van der Waals surface area contributed by atoms with Crippen LogP contribution in [0.1, 0.15) is 24.8 Å². The van der Waals surface area contributed by atoms with Crippen LogP contribution in [0.2, 0.25) is 0 Å². The summed E-state index contributed by atoms with van der Waals surface area (Å²) in [5.41, 5.74) is 5.41.